The Morgan fingerprint density at radius 2 is 2.19 bits per heavy atom. The van der Waals surface area contributed by atoms with Gasteiger partial charge in [-0.3, -0.25) is 4.79 Å². The van der Waals surface area contributed by atoms with Crippen molar-refractivity contribution < 1.29 is 9.90 Å². The van der Waals surface area contributed by atoms with E-state index in [9.17, 15) is 9.90 Å². The van der Waals surface area contributed by atoms with E-state index >= 15 is 0 Å². The van der Waals surface area contributed by atoms with Gasteiger partial charge in [0.15, 0.2) is 0 Å². The summed E-state index contributed by atoms with van der Waals surface area (Å²) >= 11 is 0. The fourth-order valence-corrected chi connectivity index (χ4v) is 1.73. The first-order chi connectivity index (χ1) is 10.1. The molecule has 0 aliphatic rings. The summed E-state index contributed by atoms with van der Waals surface area (Å²) < 4.78 is 0. The molecule has 4 N–H and O–H groups in total. The fourth-order valence-electron chi connectivity index (χ4n) is 1.73. The number of benzene rings is 1. The van der Waals surface area contributed by atoms with Gasteiger partial charge in [0.25, 0.3) is 5.91 Å². The molecule has 1 aromatic heterocycles. The lowest BCUT2D eigenvalue weighted by molar-refractivity contribution is 0.102. The lowest BCUT2D eigenvalue weighted by atomic mass is 10.1. The highest BCUT2D eigenvalue weighted by Gasteiger charge is 2.11. The third-order valence-corrected chi connectivity index (χ3v) is 2.71. The summed E-state index contributed by atoms with van der Waals surface area (Å²) in [5, 5.41) is 12.4. The van der Waals surface area contributed by atoms with Crippen LogP contribution in [0, 0.1) is 18.8 Å². The number of pyridine rings is 1. The molecule has 21 heavy (non-hydrogen) atoms. The van der Waals surface area contributed by atoms with Gasteiger partial charge in [0.05, 0.1) is 12.1 Å². The number of nitrogens with zero attached hydrogens (tertiary/aromatic N) is 1. The molecular formula is C16H15N3O2. The topological polar surface area (TPSA) is 88.2 Å². The molecule has 1 amide bonds. The van der Waals surface area contributed by atoms with E-state index in [2.05, 4.69) is 22.1 Å². The third-order valence-electron chi connectivity index (χ3n) is 2.71. The van der Waals surface area contributed by atoms with Gasteiger partial charge in [-0.15, -0.1) is 0 Å². The van der Waals surface area contributed by atoms with Gasteiger partial charge in [-0.2, -0.15) is 0 Å². The molecule has 1 aromatic carbocycles. The molecular weight excluding hydrogens is 266 g/mol. The number of carbonyl (C=O) groups excluding carboxylic acids is 1. The number of nitrogens with two attached hydrogens (primary N) is 1. The van der Waals surface area contributed by atoms with Gasteiger partial charge in [0.2, 0.25) is 0 Å². The van der Waals surface area contributed by atoms with Gasteiger partial charge in [-0.1, -0.05) is 18.1 Å². The van der Waals surface area contributed by atoms with Crippen LogP contribution < -0.4 is 11.1 Å². The third kappa shape index (κ3) is 3.81. The summed E-state index contributed by atoms with van der Waals surface area (Å²) in [6.07, 6.45) is 0. The number of hydrogen-bond donors (Lipinski definition) is 3. The largest absolute Gasteiger partial charge is 0.507 e. The van der Waals surface area contributed by atoms with Crippen LogP contribution in [0.15, 0.2) is 36.4 Å². The molecule has 0 atom stereocenters. The number of carbonyl (C=O) groups is 1. The number of aromatic hydroxyl groups is 1. The zero-order valence-corrected chi connectivity index (χ0v) is 11.6. The Balaban J connectivity index is 2.19. The molecule has 0 radical (unpaired) electrons. The minimum atomic E-state index is -0.427. The number of hydrogen-bond acceptors (Lipinski definition) is 4. The Labute approximate surface area is 122 Å². The average Bonchev–Trinajstić information content (AvgIpc) is 2.45. The van der Waals surface area contributed by atoms with Crippen molar-refractivity contribution >= 4 is 11.7 Å². The molecule has 0 fully saturated rings. The molecule has 0 spiro atoms. The van der Waals surface area contributed by atoms with E-state index in [0.29, 0.717) is 11.5 Å². The van der Waals surface area contributed by atoms with Crippen molar-refractivity contribution in [1.82, 2.24) is 4.98 Å². The van der Waals surface area contributed by atoms with Gasteiger partial charge in [0, 0.05) is 0 Å². The minimum Gasteiger partial charge on any atom is -0.507 e. The first-order valence-corrected chi connectivity index (χ1v) is 6.37. The highest BCUT2D eigenvalue weighted by Crippen LogP contribution is 2.19. The molecule has 0 unspecified atom stereocenters. The highest BCUT2D eigenvalue weighted by molar-refractivity contribution is 6.05. The summed E-state index contributed by atoms with van der Waals surface area (Å²) in [5.41, 5.74) is 6.89. The van der Waals surface area contributed by atoms with Crippen LogP contribution in [0.2, 0.25) is 0 Å². The minimum absolute atomic E-state index is 0.0634. The van der Waals surface area contributed by atoms with Gasteiger partial charge < -0.3 is 16.2 Å². The fraction of sp³-hybridized carbons (Fsp3) is 0.125. The van der Waals surface area contributed by atoms with E-state index in [4.69, 9.17) is 5.73 Å². The van der Waals surface area contributed by atoms with Crippen LogP contribution >= 0.6 is 0 Å². The Morgan fingerprint density at radius 3 is 2.90 bits per heavy atom. The summed E-state index contributed by atoms with van der Waals surface area (Å²) in [6, 6.07) is 9.96. The second-order valence-corrected chi connectivity index (χ2v) is 4.39. The normalized spacial score (nSPS) is 9.62. The zero-order valence-electron chi connectivity index (χ0n) is 11.6. The lowest BCUT2D eigenvalue weighted by Gasteiger charge is -2.07. The number of nitrogens with one attached hydrogen (secondary N) is 1. The average molecular weight is 281 g/mol. The van der Waals surface area contributed by atoms with Crippen LogP contribution in [0.3, 0.4) is 0 Å². The van der Waals surface area contributed by atoms with Gasteiger partial charge in [-0.25, -0.2) is 4.98 Å². The van der Waals surface area contributed by atoms with Crippen molar-refractivity contribution in [2.45, 2.75) is 6.92 Å². The van der Waals surface area contributed by atoms with E-state index < -0.39 is 5.91 Å². The highest BCUT2D eigenvalue weighted by atomic mass is 16.3. The molecule has 0 bridgehead atoms. The van der Waals surface area contributed by atoms with Crippen molar-refractivity contribution in [2.24, 2.45) is 5.73 Å². The number of rotatable bonds is 2. The molecule has 106 valence electrons. The van der Waals surface area contributed by atoms with Gasteiger partial charge in [-0.05, 0) is 42.7 Å². The first kappa shape index (κ1) is 14.6. The van der Waals surface area contributed by atoms with E-state index in [0.717, 1.165) is 5.56 Å². The Kier molecular flexibility index (Phi) is 4.54. The summed E-state index contributed by atoms with van der Waals surface area (Å²) in [4.78, 5) is 16.3. The molecule has 1 heterocycles. The van der Waals surface area contributed by atoms with Crippen molar-refractivity contribution in [3.8, 4) is 17.6 Å². The van der Waals surface area contributed by atoms with Crippen LogP contribution in [-0.4, -0.2) is 22.5 Å². The first-order valence-electron chi connectivity index (χ1n) is 6.37. The Hall–Kier alpha value is -2.84. The Morgan fingerprint density at radius 1 is 1.38 bits per heavy atom. The number of phenolic OH excluding ortho intramolecular Hbond substituents is 1. The van der Waals surface area contributed by atoms with Gasteiger partial charge >= 0.3 is 0 Å². The molecule has 0 saturated carbocycles. The molecule has 0 aliphatic heterocycles. The monoisotopic (exact) mass is 281 g/mol. The van der Waals surface area contributed by atoms with E-state index in [1.165, 1.54) is 6.07 Å². The summed E-state index contributed by atoms with van der Waals surface area (Å²) in [5.74, 6) is 5.36. The molecule has 2 rings (SSSR count). The second kappa shape index (κ2) is 6.55. The SMILES string of the molecule is Cc1ccc(C(=O)Nc2cccc(C#CCN)n2)c(O)c1. The van der Waals surface area contributed by atoms with Crippen LogP contribution in [0.25, 0.3) is 0 Å². The predicted octanol–water partition coefficient (Wildman–Crippen LogP) is 1.66. The van der Waals surface area contributed by atoms with E-state index in [1.807, 2.05) is 6.92 Å². The maximum absolute atomic E-state index is 12.1. The molecule has 0 saturated heterocycles. The van der Waals surface area contributed by atoms with E-state index in [-0.39, 0.29) is 17.9 Å². The zero-order chi connectivity index (χ0) is 15.2. The number of phenols is 1. The van der Waals surface area contributed by atoms with Crippen molar-refractivity contribution in [1.29, 1.82) is 0 Å². The number of aromatic nitrogens is 1. The van der Waals surface area contributed by atoms with Crippen LogP contribution in [0.5, 0.6) is 5.75 Å². The van der Waals surface area contributed by atoms with E-state index in [1.54, 1.807) is 30.3 Å². The molecule has 0 aliphatic carbocycles. The summed E-state index contributed by atoms with van der Waals surface area (Å²) in [6.45, 7) is 2.08. The van der Waals surface area contributed by atoms with Crippen LogP contribution in [-0.2, 0) is 0 Å². The second-order valence-electron chi connectivity index (χ2n) is 4.39. The van der Waals surface area contributed by atoms with Crippen molar-refractivity contribution in [3.05, 3.63) is 53.2 Å². The molecule has 2 aromatic rings. The maximum Gasteiger partial charge on any atom is 0.260 e. The smallest absolute Gasteiger partial charge is 0.260 e. The predicted molar refractivity (Wildman–Crippen MR) is 81.0 cm³/mol. The lowest BCUT2D eigenvalue weighted by Crippen LogP contribution is -2.13. The van der Waals surface area contributed by atoms with Crippen molar-refractivity contribution in [3.63, 3.8) is 0 Å². The molecule has 5 heteroatoms. The number of amides is 1. The quantitative estimate of drug-likeness (QED) is 0.730. The Bertz CT molecular complexity index is 730. The maximum atomic E-state index is 12.1. The van der Waals surface area contributed by atoms with Gasteiger partial charge in [0.1, 0.15) is 17.3 Å². The standard InChI is InChI=1S/C16H15N3O2/c1-11-7-8-13(14(20)10-11)16(21)19-15-6-2-4-12(18-15)5-3-9-17/h2,4,6-8,10,20H,9,17H2,1H3,(H,18,19,21). The summed E-state index contributed by atoms with van der Waals surface area (Å²) in [7, 11) is 0. The number of anilines is 1. The number of aryl methyl sites for hydroxylation is 1. The van der Waals surface area contributed by atoms with Crippen LogP contribution in [0.4, 0.5) is 5.82 Å². The molecule has 5 nitrogen and oxygen atoms in total. The van der Waals surface area contributed by atoms with Crippen LogP contribution in [0.1, 0.15) is 21.6 Å². The van der Waals surface area contributed by atoms with Crippen molar-refractivity contribution in [2.75, 3.05) is 11.9 Å².